The predicted octanol–water partition coefficient (Wildman–Crippen LogP) is 1.82. The number of alkyl halides is 1. The van der Waals surface area contributed by atoms with E-state index in [1.165, 1.54) is 6.21 Å². The monoisotopic (exact) mass is 117 g/mol. The molecule has 0 aromatic heterocycles. The topological polar surface area (TPSA) is 23.9 Å². The molecule has 1 N–H and O–H groups in total. The molecular weight excluding hydrogens is 110 g/mol. The van der Waals surface area contributed by atoms with Gasteiger partial charge in [0.25, 0.3) is 0 Å². The molecule has 0 fully saturated rings. The van der Waals surface area contributed by atoms with E-state index in [0.717, 1.165) is 0 Å². The molecule has 1 nitrogen and oxygen atoms in total. The average molecular weight is 118 g/mol. The number of nitrogens with one attached hydrogen (secondary N) is 1. The van der Waals surface area contributed by atoms with Gasteiger partial charge in [-0.25, -0.2) is 0 Å². The average Bonchev–Trinajstić information content (AvgIpc) is 1.61. The minimum absolute atomic E-state index is 0.0431. The van der Waals surface area contributed by atoms with E-state index in [9.17, 15) is 0 Å². The van der Waals surface area contributed by atoms with Crippen LogP contribution in [0.25, 0.3) is 0 Å². The van der Waals surface area contributed by atoms with Gasteiger partial charge in [-0.1, -0.05) is 6.08 Å². The van der Waals surface area contributed by atoms with Crippen molar-refractivity contribution in [2.45, 2.75) is 12.3 Å². The molecular formula is C5H8ClN. The van der Waals surface area contributed by atoms with Gasteiger partial charge in [-0.2, -0.15) is 0 Å². The zero-order chi connectivity index (χ0) is 5.70. The van der Waals surface area contributed by atoms with Crippen molar-refractivity contribution in [2.24, 2.45) is 0 Å². The molecule has 1 atom stereocenters. The standard InChI is InChI=1S/C5H8ClN/c1-5(6)3-2-4-7/h2-5,7H,1H3/b3-2-,7-4?. The second kappa shape index (κ2) is 3.88. The van der Waals surface area contributed by atoms with Crippen LogP contribution >= 0.6 is 11.6 Å². The Morgan fingerprint density at radius 2 is 2.29 bits per heavy atom. The number of halogens is 1. The summed E-state index contributed by atoms with van der Waals surface area (Å²) in [5.41, 5.74) is 0. The first kappa shape index (κ1) is 6.70. The quantitative estimate of drug-likeness (QED) is 0.422. The molecule has 0 aliphatic carbocycles. The predicted molar refractivity (Wildman–Crippen MR) is 33.2 cm³/mol. The molecule has 0 aromatic carbocycles. The Morgan fingerprint density at radius 3 is 2.43 bits per heavy atom. The molecule has 7 heavy (non-hydrogen) atoms. The molecule has 0 radical (unpaired) electrons. The van der Waals surface area contributed by atoms with Gasteiger partial charge in [-0.05, 0) is 13.0 Å². The van der Waals surface area contributed by atoms with Crippen molar-refractivity contribution in [3.05, 3.63) is 12.2 Å². The Morgan fingerprint density at radius 1 is 1.71 bits per heavy atom. The van der Waals surface area contributed by atoms with E-state index >= 15 is 0 Å². The molecule has 0 spiro atoms. The Balaban J connectivity index is 3.25. The van der Waals surface area contributed by atoms with Crippen LogP contribution < -0.4 is 0 Å². The van der Waals surface area contributed by atoms with Crippen LogP contribution in [0.5, 0.6) is 0 Å². The zero-order valence-corrected chi connectivity index (χ0v) is 4.94. The molecule has 0 aromatic rings. The second-order valence-corrected chi connectivity index (χ2v) is 1.92. The third-order valence-corrected chi connectivity index (χ3v) is 0.618. The summed E-state index contributed by atoms with van der Waals surface area (Å²) in [5.74, 6) is 0. The highest BCUT2D eigenvalue weighted by Crippen LogP contribution is 1.92. The molecule has 0 bridgehead atoms. The minimum atomic E-state index is 0.0431. The molecule has 0 aliphatic heterocycles. The number of hydrogen-bond donors (Lipinski definition) is 1. The van der Waals surface area contributed by atoms with Crippen LogP contribution in [-0.2, 0) is 0 Å². The van der Waals surface area contributed by atoms with E-state index in [-0.39, 0.29) is 5.38 Å². The van der Waals surface area contributed by atoms with Crippen molar-refractivity contribution in [1.82, 2.24) is 0 Å². The smallest absolute Gasteiger partial charge is 0.0491 e. The lowest BCUT2D eigenvalue weighted by Gasteiger charge is -1.84. The van der Waals surface area contributed by atoms with Crippen molar-refractivity contribution in [2.75, 3.05) is 0 Å². The van der Waals surface area contributed by atoms with E-state index < -0.39 is 0 Å². The number of rotatable bonds is 2. The third kappa shape index (κ3) is 5.70. The molecule has 1 unspecified atom stereocenters. The largest absolute Gasteiger partial charge is 0.309 e. The lowest BCUT2D eigenvalue weighted by Crippen LogP contribution is -1.79. The van der Waals surface area contributed by atoms with Crippen molar-refractivity contribution in [3.63, 3.8) is 0 Å². The summed E-state index contributed by atoms with van der Waals surface area (Å²) in [6, 6.07) is 0. The third-order valence-electron chi connectivity index (χ3n) is 0.473. The van der Waals surface area contributed by atoms with Crippen LogP contribution in [0, 0.1) is 5.41 Å². The Bertz CT molecular complexity index is 76.1. The molecule has 40 valence electrons. The van der Waals surface area contributed by atoms with Gasteiger partial charge in [0.05, 0.1) is 0 Å². The van der Waals surface area contributed by atoms with Crippen molar-refractivity contribution in [3.8, 4) is 0 Å². The Labute approximate surface area is 48.5 Å². The highest BCUT2D eigenvalue weighted by atomic mass is 35.5. The van der Waals surface area contributed by atoms with E-state index in [2.05, 4.69) is 0 Å². The van der Waals surface area contributed by atoms with Crippen molar-refractivity contribution in [1.29, 1.82) is 5.41 Å². The van der Waals surface area contributed by atoms with Gasteiger partial charge in [0.2, 0.25) is 0 Å². The summed E-state index contributed by atoms with van der Waals surface area (Å²) in [5, 5.41) is 6.57. The molecule has 0 saturated heterocycles. The van der Waals surface area contributed by atoms with Gasteiger partial charge in [0.15, 0.2) is 0 Å². The van der Waals surface area contributed by atoms with Crippen LogP contribution in [0.4, 0.5) is 0 Å². The van der Waals surface area contributed by atoms with Crippen molar-refractivity contribution >= 4 is 17.8 Å². The van der Waals surface area contributed by atoms with E-state index in [1.807, 2.05) is 6.92 Å². The van der Waals surface area contributed by atoms with Crippen LogP contribution in [0.3, 0.4) is 0 Å². The highest BCUT2D eigenvalue weighted by Gasteiger charge is 1.80. The highest BCUT2D eigenvalue weighted by molar-refractivity contribution is 6.21. The Kier molecular flexibility index (Phi) is 3.71. The van der Waals surface area contributed by atoms with Crippen LogP contribution in [0.2, 0.25) is 0 Å². The minimum Gasteiger partial charge on any atom is -0.309 e. The fraction of sp³-hybridized carbons (Fsp3) is 0.400. The molecule has 2 heteroatoms. The lowest BCUT2D eigenvalue weighted by atomic mass is 10.4. The zero-order valence-electron chi connectivity index (χ0n) is 4.19. The Hall–Kier alpha value is -0.300. The van der Waals surface area contributed by atoms with Gasteiger partial charge in [0, 0.05) is 11.6 Å². The molecule has 0 heterocycles. The normalized spacial score (nSPS) is 14.6. The first-order valence-corrected chi connectivity index (χ1v) is 2.52. The van der Waals surface area contributed by atoms with Crippen LogP contribution in [-0.4, -0.2) is 11.6 Å². The van der Waals surface area contributed by atoms with Crippen LogP contribution in [0.1, 0.15) is 6.92 Å². The summed E-state index contributed by atoms with van der Waals surface area (Å²) < 4.78 is 0. The summed E-state index contributed by atoms with van der Waals surface area (Å²) in [4.78, 5) is 0. The van der Waals surface area contributed by atoms with Gasteiger partial charge in [-0.3, -0.25) is 0 Å². The first-order chi connectivity index (χ1) is 3.27. The summed E-state index contributed by atoms with van der Waals surface area (Å²) in [6.45, 7) is 1.85. The van der Waals surface area contributed by atoms with E-state index in [4.69, 9.17) is 17.0 Å². The van der Waals surface area contributed by atoms with Gasteiger partial charge in [-0.15, -0.1) is 11.6 Å². The molecule has 0 aliphatic rings. The maximum Gasteiger partial charge on any atom is 0.0491 e. The maximum atomic E-state index is 6.53. The fourth-order valence-corrected chi connectivity index (χ4v) is 0.293. The molecule has 0 amide bonds. The summed E-state index contributed by atoms with van der Waals surface area (Å²) >= 11 is 5.47. The number of allylic oxidation sites excluding steroid dienone is 2. The van der Waals surface area contributed by atoms with E-state index in [1.54, 1.807) is 12.2 Å². The fourth-order valence-electron chi connectivity index (χ4n) is 0.209. The SMILES string of the molecule is CC(Cl)/C=C\C=N. The molecule has 0 rings (SSSR count). The van der Waals surface area contributed by atoms with E-state index in [0.29, 0.717) is 0 Å². The van der Waals surface area contributed by atoms with Gasteiger partial charge < -0.3 is 5.41 Å². The van der Waals surface area contributed by atoms with Gasteiger partial charge in [0.1, 0.15) is 0 Å². The molecule has 0 saturated carbocycles. The maximum absolute atomic E-state index is 6.53. The van der Waals surface area contributed by atoms with Crippen LogP contribution in [0.15, 0.2) is 12.2 Å². The van der Waals surface area contributed by atoms with Gasteiger partial charge >= 0.3 is 0 Å². The first-order valence-electron chi connectivity index (χ1n) is 2.08. The summed E-state index contributed by atoms with van der Waals surface area (Å²) in [6.07, 6.45) is 4.56. The second-order valence-electron chi connectivity index (χ2n) is 1.23. The summed E-state index contributed by atoms with van der Waals surface area (Å²) in [7, 11) is 0. The van der Waals surface area contributed by atoms with Crippen molar-refractivity contribution < 1.29 is 0 Å². The number of hydrogen-bond acceptors (Lipinski definition) is 1. The lowest BCUT2D eigenvalue weighted by molar-refractivity contribution is 1.23.